The van der Waals surface area contributed by atoms with E-state index >= 15 is 0 Å². The lowest BCUT2D eigenvalue weighted by Gasteiger charge is -2.08. The monoisotopic (exact) mass is 494 g/mol. The van der Waals surface area contributed by atoms with Crippen LogP contribution in [0.25, 0.3) is 0 Å². The number of nitrogens with one attached hydrogen (secondary N) is 1. The van der Waals surface area contributed by atoms with Crippen molar-refractivity contribution in [3.63, 3.8) is 0 Å². The van der Waals surface area contributed by atoms with E-state index in [1.807, 2.05) is 6.07 Å². The van der Waals surface area contributed by atoms with Crippen LogP contribution in [0.5, 0.6) is 17.2 Å². The lowest BCUT2D eigenvalue weighted by Crippen LogP contribution is -2.18. The molecule has 0 aliphatic carbocycles. The van der Waals surface area contributed by atoms with Crippen LogP contribution in [0.2, 0.25) is 0 Å². The van der Waals surface area contributed by atoms with Crippen molar-refractivity contribution < 1.29 is 19.2 Å². The van der Waals surface area contributed by atoms with Gasteiger partial charge in [-0.2, -0.15) is 10.4 Å². The third-order valence-corrected chi connectivity index (χ3v) is 4.66. The number of rotatable bonds is 7. The van der Waals surface area contributed by atoms with Crippen LogP contribution in [0.1, 0.15) is 21.5 Å². The molecule has 0 unspecified atom stereocenters. The van der Waals surface area contributed by atoms with Gasteiger partial charge in [-0.05, 0) is 42.0 Å². The Hall–Kier alpha value is -4.23. The number of hydrazone groups is 1. The fourth-order valence-corrected chi connectivity index (χ4v) is 3.04. The maximum atomic E-state index is 12.4. The Bertz CT molecular complexity index is 1250. The van der Waals surface area contributed by atoms with Crippen LogP contribution >= 0.6 is 15.9 Å². The molecule has 0 heterocycles. The zero-order valence-corrected chi connectivity index (χ0v) is 18.2. The molecule has 1 N–H and O–H groups in total. The minimum Gasteiger partial charge on any atom is -0.496 e. The Morgan fingerprint density at radius 2 is 1.97 bits per heavy atom. The van der Waals surface area contributed by atoms with E-state index in [1.165, 1.54) is 25.5 Å². The van der Waals surface area contributed by atoms with Crippen molar-refractivity contribution in [2.24, 2.45) is 5.10 Å². The number of nitro groups is 1. The summed E-state index contributed by atoms with van der Waals surface area (Å²) in [5.74, 6) is 0.533. The smallest absolute Gasteiger partial charge is 0.275 e. The summed E-state index contributed by atoms with van der Waals surface area (Å²) < 4.78 is 11.6. The second-order valence-electron chi connectivity index (χ2n) is 6.27. The normalized spacial score (nSPS) is 10.4. The van der Waals surface area contributed by atoms with Crippen LogP contribution in [0, 0.1) is 21.4 Å². The summed E-state index contributed by atoms with van der Waals surface area (Å²) in [5.41, 5.74) is 3.20. The molecule has 3 rings (SSSR count). The molecule has 0 aliphatic heterocycles. The second-order valence-corrected chi connectivity index (χ2v) is 7.18. The molecule has 0 bridgehead atoms. The second kappa shape index (κ2) is 10.2. The largest absolute Gasteiger partial charge is 0.496 e. The maximum Gasteiger partial charge on any atom is 0.275 e. The average molecular weight is 495 g/mol. The number of halogens is 1. The summed E-state index contributed by atoms with van der Waals surface area (Å²) in [5, 5.41) is 24.1. The van der Waals surface area contributed by atoms with E-state index in [-0.39, 0.29) is 17.0 Å². The first-order valence-electron chi connectivity index (χ1n) is 9.04. The Labute approximate surface area is 191 Å². The number of carbonyl (C=O) groups excluding carboxylic acids is 1. The van der Waals surface area contributed by atoms with Crippen LogP contribution in [0.4, 0.5) is 5.69 Å². The van der Waals surface area contributed by atoms with Crippen molar-refractivity contribution in [3.8, 4) is 23.3 Å². The average Bonchev–Trinajstić information content (AvgIpc) is 2.79. The van der Waals surface area contributed by atoms with Gasteiger partial charge in [-0.15, -0.1) is 0 Å². The number of nitrogens with zero attached hydrogens (tertiary/aromatic N) is 3. The first-order valence-corrected chi connectivity index (χ1v) is 9.84. The standard InChI is InChI=1S/C22H15BrN4O5/c1-31-21-7-5-16(23)11-19(21)22(28)26-25-13-14-3-2-4-18(9-14)32-20-8-6-17(27(29)30)10-15(20)12-24/h2-11,13H,1H3,(H,26,28)/b25-13-. The van der Waals surface area contributed by atoms with E-state index in [0.717, 1.165) is 10.5 Å². The highest BCUT2D eigenvalue weighted by Crippen LogP contribution is 2.28. The molecule has 0 spiro atoms. The Morgan fingerprint density at radius 1 is 1.19 bits per heavy atom. The van der Waals surface area contributed by atoms with E-state index in [9.17, 15) is 20.2 Å². The van der Waals surface area contributed by atoms with Gasteiger partial charge in [-0.3, -0.25) is 14.9 Å². The zero-order chi connectivity index (χ0) is 23.1. The molecule has 0 saturated heterocycles. The summed E-state index contributed by atoms with van der Waals surface area (Å²) in [7, 11) is 1.47. The summed E-state index contributed by atoms with van der Waals surface area (Å²) in [6.45, 7) is 0. The fraction of sp³-hybridized carbons (Fsp3) is 0.0455. The van der Waals surface area contributed by atoms with Gasteiger partial charge in [0, 0.05) is 16.6 Å². The van der Waals surface area contributed by atoms with Gasteiger partial charge >= 0.3 is 0 Å². The molecule has 3 aromatic carbocycles. The minimum absolute atomic E-state index is 0.0357. The Kier molecular flexibility index (Phi) is 7.15. The molecule has 0 aliphatic rings. The van der Waals surface area contributed by atoms with Crippen LogP contribution in [-0.2, 0) is 0 Å². The third kappa shape index (κ3) is 5.47. The number of nitriles is 1. The van der Waals surface area contributed by atoms with Gasteiger partial charge in [0.25, 0.3) is 11.6 Å². The molecule has 0 aromatic heterocycles. The van der Waals surface area contributed by atoms with E-state index in [1.54, 1.807) is 42.5 Å². The molecule has 9 nitrogen and oxygen atoms in total. The molecule has 0 fully saturated rings. The van der Waals surface area contributed by atoms with Gasteiger partial charge in [0.2, 0.25) is 0 Å². The van der Waals surface area contributed by atoms with E-state index in [0.29, 0.717) is 22.6 Å². The van der Waals surface area contributed by atoms with Gasteiger partial charge in [0.1, 0.15) is 28.9 Å². The summed E-state index contributed by atoms with van der Waals surface area (Å²) >= 11 is 3.31. The van der Waals surface area contributed by atoms with E-state index < -0.39 is 10.8 Å². The summed E-state index contributed by atoms with van der Waals surface area (Å²) in [6, 6.07) is 17.4. The number of non-ortho nitro benzene ring substituents is 1. The molecule has 1 amide bonds. The van der Waals surface area contributed by atoms with Gasteiger partial charge in [-0.1, -0.05) is 28.1 Å². The molecule has 10 heteroatoms. The number of carbonyl (C=O) groups is 1. The summed E-state index contributed by atoms with van der Waals surface area (Å²) in [4.78, 5) is 22.7. The molecule has 32 heavy (non-hydrogen) atoms. The number of nitro benzene ring substituents is 1. The van der Waals surface area contributed by atoms with Crippen LogP contribution in [0.15, 0.2) is 70.2 Å². The molecule has 0 radical (unpaired) electrons. The number of ether oxygens (including phenoxy) is 2. The lowest BCUT2D eigenvalue weighted by atomic mass is 10.2. The molecule has 160 valence electrons. The fourth-order valence-electron chi connectivity index (χ4n) is 2.68. The maximum absolute atomic E-state index is 12.4. The van der Waals surface area contributed by atoms with Crippen LogP contribution in [0.3, 0.4) is 0 Å². The third-order valence-electron chi connectivity index (χ3n) is 4.17. The van der Waals surface area contributed by atoms with Crippen molar-refractivity contribution in [2.45, 2.75) is 0 Å². The Morgan fingerprint density at radius 3 is 2.69 bits per heavy atom. The number of methoxy groups -OCH3 is 1. The first-order chi connectivity index (χ1) is 15.4. The molecule has 0 saturated carbocycles. The zero-order valence-electron chi connectivity index (χ0n) is 16.6. The summed E-state index contributed by atoms with van der Waals surface area (Å²) in [6.07, 6.45) is 1.43. The van der Waals surface area contributed by atoms with Crippen molar-refractivity contribution in [2.75, 3.05) is 7.11 Å². The minimum atomic E-state index is -0.584. The highest BCUT2D eigenvalue weighted by molar-refractivity contribution is 9.10. The van der Waals surface area contributed by atoms with Gasteiger partial charge < -0.3 is 9.47 Å². The Balaban J connectivity index is 1.73. The van der Waals surface area contributed by atoms with Gasteiger partial charge in [0.15, 0.2) is 0 Å². The first kappa shape index (κ1) is 22.5. The van der Waals surface area contributed by atoms with Crippen molar-refractivity contribution in [3.05, 3.63) is 91.9 Å². The number of hydrogen-bond donors (Lipinski definition) is 1. The lowest BCUT2D eigenvalue weighted by molar-refractivity contribution is -0.384. The van der Waals surface area contributed by atoms with Crippen molar-refractivity contribution in [1.29, 1.82) is 5.26 Å². The van der Waals surface area contributed by atoms with Gasteiger partial charge in [0.05, 0.1) is 23.8 Å². The number of benzene rings is 3. The predicted octanol–water partition coefficient (Wildman–Crippen LogP) is 4.79. The van der Waals surface area contributed by atoms with Gasteiger partial charge in [-0.25, -0.2) is 5.43 Å². The highest BCUT2D eigenvalue weighted by Gasteiger charge is 2.13. The topological polar surface area (TPSA) is 127 Å². The number of amides is 1. The van der Waals surface area contributed by atoms with Crippen molar-refractivity contribution >= 4 is 33.7 Å². The van der Waals surface area contributed by atoms with Crippen molar-refractivity contribution in [1.82, 2.24) is 5.43 Å². The van der Waals surface area contributed by atoms with Crippen LogP contribution < -0.4 is 14.9 Å². The van der Waals surface area contributed by atoms with E-state index in [4.69, 9.17) is 9.47 Å². The predicted molar refractivity (Wildman–Crippen MR) is 120 cm³/mol. The molecular weight excluding hydrogens is 480 g/mol. The number of hydrogen-bond acceptors (Lipinski definition) is 7. The molecular formula is C22H15BrN4O5. The van der Waals surface area contributed by atoms with E-state index in [2.05, 4.69) is 26.5 Å². The molecule has 3 aromatic rings. The highest BCUT2D eigenvalue weighted by atomic mass is 79.9. The van der Waals surface area contributed by atoms with Crippen LogP contribution in [-0.4, -0.2) is 24.2 Å². The molecule has 0 atom stereocenters. The quantitative estimate of drug-likeness (QED) is 0.285. The SMILES string of the molecule is COc1ccc(Br)cc1C(=O)N/N=C\c1cccc(Oc2ccc([N+](=O)[O-])cc2C#N)c1.